The fourth-order valence-electron chi connectivity index (χ4n) is 4.14. The SMILES string of the molecule is CCC1(CC)CC(NC(=O)C(C)N(c2cccc(F)c2)S(C)(=O)=O)c2ccccc2O1. The maximum absolute atomic E-state index is 13.7. The standard InChI is InChI=1S/C23H29FN2O4S/c1-5-23(6-2)15-20(19-12-7-8-13-21(19)30-23)25-22(27)16(3)26(31(4,28)29)18-11-9-10-17(24)14-18/h7-14,16,20H,5-6,15H2,1-4H3,(H,25,27). The van der Waals surface area contributed by atoms with Crippen molar-refractivity contribution in [1.82, 2.24) is 5.32 Å². The third-order valence-corrected chi connectivity index (χ3v) is 7.20. The van der Waals surface area contributed by atoms with E-state index < -0.39 is 33.4 Å². The number of carbonyl (C=O) groups is 1. The number of halogens is 1. The van der Waals surface area contributed by atoms with Crippen molar-refractivity contribution >= 4 is 21.6 Å². The summed E-state index contributed by atoms with van der Waals surface area (Å²) in [5, 5.41) is 3.02. The van der Waals surface area contributed by atoms with Crippen LogP contribution in [0.25, 0.3) is 0 Å². The Morgan fingerprint density at radius 3 is 2.52 bits per heavy atom. The zero-order chi connectivity index (χ0) is 22.8. The molecule has 2 aromatic carbocycles. The monoisotopic (exact) mass is 448 g/mol. The summed E-state index contributed by atoms with van der Waals surface area (Å²) in [4.78, 5) is 13.2. The summed E-state index contributed by atoms with van der Waals surface area (Å²) in [5.74, 6) is -0.314. The molecule has 2 aromatic rings. The van der Waals surface area contributed by atoms with Crippen molar-refractivity contribution in [2.75, 3.05) is 10.6 Å². The number of rotatable bonds is 7. The molecule has 1 heterocycles. The third-order valence-electron chi connectivity index (χ3n) is 5.95. The van der Waals surface area contributed by atoms with Crippen molar-refractivity contribution in [3.05, 3.63) is 59.9 Å². The summed E-state index contributed by atoms with van der Waals surface area (Å²) >= 11 is 0. The summed E-state index contributed by atoms with van der Waals surface area (Å²) in [5.41, 5.74) is 0.556. The molecule has 0 saturated heterocycles. The molecule has 1 N–H and O–H groups in total. The van der Waals surface area contributed by atoms with Gasteiger partial charge in [0.15, 0.2) is 0 Å². The minimum atomic E-state index is -3.83. The molecule has 0 bridgehead atoms. The van der Waals surface area contributed by atoms with E-state index in [1.54, 1.807) is 0 Å². The highest BCUT2D eigenvalue weighted by Crippen LogP contribution is 2.42. The lowest BCUT2D eigenvalue weighted by Crippen LogP contribution is -2.51. The van der Waals surface area contributed by atoms with E-state index in [4.69, 9.17) is 4.74 Å². The predicted octanol–water partition coefficient (Wildman–Crippen LogP) is 4.18. The molecule has 2 unspecified atom stereocenters. The molecule has 1 aliphatic heterocycles. The fraction of sp³-hybridized carbons (Fsp3) is 0.435. The van der Waals surface area contributed by atoms with Gasteiger partial charge in [-0.2, -0.15) is 0 Å². The third kappa shape index (κ3) is 4.84. The van der Waals surface area contributed by atoms with Crippen LogP contribution in [0.15, 0.2) is 48.5 Å². The molecule has 1 aliphatic rings. The van der Waals surface area contributed by atoms with Crippen LogP contribution >= 0.6 is 0 Å². The Bertz CT molecular complexity index is 1050. The lowest BCUT2D eigenvalue weighted by atomic mass is 9.83. The summed E-state index contributed by atoms with van der Waals surface area (Å²) in [6, 6.07) is 11.4. The number of fused-ring (bicyclic) bond motifs is 1. The molecule has 0 fully saturated rings. The summed E-state index contributed by atoms with van der Waals surface area (Å²) < 4.78 is 45.9. The highest BCUT2D eigenvalue weighted by Gasteiger charge is 2.40. The number of hydrogen-bond acceptors (Lipinski definition) is 4. The number of anilines is 1. The van der Waals surface area contributed by atoms with E-state index in [1.165, 1.54) is 25.1 Å². The smallest absolute Gasteiger partial charge is 0.244 e. The normalized spacial score (nSPS) is 18.4. The van der Waals surface area contributed by atoms with E-state index in [0.29, 0.717) is 6.42 Å². The number of nitrogens with zero attached hydrogens (tertiary/aromatic N) is 1. The molecule has 6 nitrogen and oxygen atoms in total. The van der Waals surface area contributed by atoms with Gasteiger partial charge in [-0.3, -0.25) is 9.10 Å². The molecule has 3 rings (SSSR count). The lowest BCUT2D eigenvalue weighted by Gasteiger charge is -2.42. The van der Waals surface area contributed by atoms with Crippen LogP contribution in [0.3, 0.4) is 0 Å². The molecule has 0 aromatic heterocycles. The number of ether oxygens (including phenoxy) is 1. The van der Waals surface area contributed by atoms with Gasteiger partial charge in [0.25, 0.3) is 0 Å². The number of nitrogens with one attached hydrogen (secondary N) is 1. The van der Waals surface area contributed by atoms with Gasteiger partial charge >= 0.3 is 0 Å². The van der Waals surface area contributed by atoms with Gasteiger partial charge in [-0.1, -0.05) is 38.1 Å². The van der Waals surface area contributed by atoms with Crippen molar-refractivity contribution in [2.24, 2.45) is 0 Å². The van der Waals surface area contributed by atoms with Crippen molar-refractivity contribution in [1.29, 1.82) is 0 Å². The Morgan fingerprint density at radius 1 is 1.23 bits per heavy atom. The first-order chi connectivity index (χ1) is 14.6. The summed E-state index contributed by atoms with van der Waals surface area (Å²) in [6.07, 6.45) is 3.13. The van der Waals surface area contributed by atoms with E-state index in [1.807, 2.05) is 38.1 Å². The van der Waals surface area contributed by atoms with Crippen LogP contribution in [0.5, 0.6) is 5.75 Å². The molecule has 0 radical (unpaired) electrons. The van der Waals surface area contributed by atoms with Gasteiger partial charge in [0.05, 0.1) is 18.0 Å². The molecule has 0 spiro atoms. The zero-order valence-electron chi connectivity index (χ0n) is 18.3. The number of para-hydroxylation sites is 1. The van der Waals surface area contributed by atoms with Crippen molar-refractivity contribution in [2.45, 2.75) is 57.7 Å². The molecule has 0 saturated carbocycles. The van der Waals surface area contributed by atoms with Crippen LogP contribution in [0.4, 0.5) is 10.1 Å². The first kappa shape index (κ1) is 23.1. The van der Waals surface area contributed by atoms with E-state index >= 15 is 0 Å². The number of benzene rings is 2. The molecular weight excluding hydrogens is 419 g/mol. The van der Waals surface area contributed by atoms with Gasteiger partial charge in [0.2, 0.25) is 15.9 Å². The second-order valence-electron chi connectivity index (χ2n) is 8.01. The van der Waals surface area contributed by atoms with Gasteiger partial charge < -0.3 is 10.1 Å². The first-order valence-electron chi connectivity index (χ1n) is 10.4. The Kier molecular flexibility index (Phi) is 6.59. The highest BCUT2D eigenvalue weighted by molar-refractivity contribution is 7.92. The highest BCUT2D eigenvalue weighted by atomic mass is 32.2. The van der Waals surface area contributed by atoms with Crippen LogP contribution in [-0.4, -0.2) is 32.2 Å². The van der Waals surface area contributed by atoms with Gasteiger partial charge in [-0.15, -0.1) is 0 Å². The Balaban J connectivity index is 1.91. The maximum atomic E-state index is 13.7. The van der Waals surface area contributed by atoms with Gasteiger partial charge in [0, 0.05) is 12.0 Å². The number of amides is 1. The minimum absolute atomic E-state index is 0.106. The van der Waals surface area contributed by atoms with E-state index in [-0.39, 0.29) is 11.7 Å². The maximum Gasteiger partial charge on any atom is 0.244 e. The van der Waals surface area contributed by atoms with Gasteiger partial charge in [-0.25, -0.2) is 12.8 Å². The summed E-state index contributed by atoms with van der Waals surface area (Å²) in [6.45, 7) is 5.60. The second kappa shape index (κ2) is 8.86. The predicted molar refractivity (Wildman–Crippen MR) is 119 cm³/mol. The first-order valence-corrected chi connectivity index (χ1v) is 12.3. The average Bonchev–Trinajstić information content (AvgIpc) is 2.72. The zero-order valence-corrected chi connectivity index (χ0v) is 19.1. The Morgan fingerprint density at radius 2 is 1.90 bits per heavy atom. The Labute approximate surface area is 183 Å². The largest absolute Gasteiger partial charge is 0.487 e. The molecule has 0 aliphatic carbocycles. The Hall–Kier alpha value is -2.61. The lowest BCUT2D eigenvalue weighted by molar-refractivity contribution is -0.123. The van der Waals surface area contributed by atoms with E-state index in [9.17, 15) is 17.6 Å². The molecule has 2 atom stereocenters. The quantitative estimate of drug-likeness (QED) is 0.690. The van der Waals surface area contributed by atoms with Crippen molar-refractivity contribution in [3.63, 3.8) is 0 Å². The van der Waals surface area contributed by atoms with Crippen LogP contribution in [0.1, 0.15) is 51.6 Å². The van der Waals surface area contributed by atoms with E-state index in [0.717, 1.165) is 40.8 Å². The summed E-state index contributed by atoms with van der Waals surface area (Å²) in [7, 11) is -3.83. The van der Waals surface area contributed by atoms with Crippen molar-refractivity contribution in [3.8, 4) is 5.75 Å². The average molecular weight is 449 g/mol. The number of hydrogen-bond donors (Lipinski definition) is 1. The van der Waals surface area contributed by atoms with Crippen LogP contribution in [0, 0.1) is 5.82 Å². The van der Waals surface area contributed by atoms with Gasteiger partial charge in [-0.05, 0) is 44.0 Å². The van der Waals surface area contributed by atoms with Gasteiger partial charge in [0.1, 0.15) is 23.2 Å². The van der Waals surface area contributed by atoms with E-state index in [2.05, 4.69) is 5.32 Å². The number of sulfonamides is 1. The molecule has 31 heavy (non-hydrogen) atoms. The fourth-order valence-corrected chi connectivity index (χ4v) is 5.31. The number of carbonyl (C=O) groups excluding carboxylic acids is 1. The molecule has 1 amide bonds. The van der Waals surface area contributed by atoms with Crippen LogP contribution < -0.4 is 14.4 Å². The topological polar surface area (TPSA) is 75.7 Å². The van der Waals surface area contributed by atoms with Crippen LogP contribution in [0.2, 0.25) is 0 Å². The van der Waals surface area contributed by atoms with Crippen LogP contribution in [-0.2, 0) is 14.8 Å². The second-order valence-corrected chi connectivity index (χ2v) is 9.87. The molecule has 8 heteroatoms. The van der Waals surface area contributed by atoms with Crippen molar-refractivity contribution < 1.29 is 22.3 Å². The molecule has 168 valence electrons. The molecular formula is C23H29FN2O4S. The minimum Gasteiger partial charge on any atom is -0.487 e.